The standard InChI is InChI=1S/C57H56N2Si2/c1-57(2)53-37-46(29-33-49(53)50-34-32-48(38-54(50)57)61(6,7)8)58(44-25-18-39(19-26-44)40-22-30-47(31-23-40)60(3,4)5)45-27-20-41(21-28-45)42-24-35-56-52(36-42)51-16-12-13-17-55(51)59(56)43-14-10-9-11-15-43/h9-30,32-38,47H,31H2,1-8H3. The Labute approximate surface area is 364 Å². The molecular formula is C57H56N2Si2. The highest BCUT2D eigenvalue weighted by Gasteiger charge is 2.37. The third-order valence-corrected chi connectivity index (χ3v) is 18.3. The third kappa shape index (κ3) is 6.87. The number of hydrogen-bond donors (Lipinski definition) is 0. The van der Waals surface area contributed by atoms with Crippen LogP contribution in [0.3, 0.4) is 0 Å². The molecule has 0 aliphatic heterocycles. The first-order chi connectivity index (χ1) is 29.3. The number of para-hydroxylation sites is 2. The average molecular weight is 825 g/mol. The Balaban J connectivity index is 1.04. The molecule has 1 aromatic heterocycles. The lowest BCUT2D eigenvalue weighted by atomic mass is 9.82. The average Bonchev–Trinajstić information content (AvgIpc) is 3.71. The van der Waals surface area contributed by atoms with Gasteiger partial charge in [-0.1, -0.05) is 168 Å². The summed E-state index contributed by atoms with van der Waals surface area (Å²) < 4.78 is 2.38. The maximum absolute atomic E-state index is 2.52. The number of benzene rings is 7. The van der Waals surface area contributed by atoms with Crippen LogP contribution in [-0.2, 0) is 5.41 Å². The molecule has 302 valence electrons. The second-order valence-corrected chi connectivity index (χ2v) is 30.5. The van der Waals surface area contributed by atoms with Crippen molar-refractivity contribution in [2.45, 2.75) is 70.5 Å². The molecule has 0 amide bonds. The smallest absolute Gasteiger partial charge is 0.0776 e. The van der Waals surface area contributed by atoms with Gasteiger partial charge in [-0.2, -0.15) is 0 Å². The van der Waals surface area contributed by atoms with Crippen molar-refractivity contribution in [1.82, 2.24) is 4.57 Å². The van der Waals surface area contributed by atoms with Crippen LogP contribution in [0.15, 0.2) is 176 Å². The molecule has 0 bridgehead atoms. The molecule has 0 spiro atoms. The van der Waals surface area contributed by atoms with Crippen LogP contribution in [-0.4, -0.2) is 20.7 Å². The van der Waals surface area contributed by atoms with Gasteiger partial charge in [-0.15, -0.1) is 0 Å². The van der Waals surface area contributed by atoms with E-state index in [2.05, 4.69) is 239 Å². The molecule has 0 fully saturated rings. The fraction of sp³-hybridized carbons (Fsp3) is 0.193. The minimum Gasteiger partial charge on any atom is -0.310 e. The number of nitrogens with zero attached hydrogens (tertiary/aromatic N) is 2. The molecule has 4 heteroatoms. The van der Waals surface area contributed by atoms with E-state index in [-0.39, 0.29) is 5.41 Å². The van der Waals surface area contributed by atoms with E-state index < -0.39 is 16.1 Å². The Morgan fingerprint density at radius 2 is 1.13 bits per heavy atom. The molecule has 1 heterocycles. The first-order valence-electron chi connectivity index (χ1n) is 22.0. The van der Waals surface area contributed by atoms with Gasteiger partial charge in [0.15, 0.2) is 0 Å². The summed E-state index contributed by atoms with van der Waals surface area (Å²) in [6.07, 6.45) is 8.43. The van der Waals surface area contributed by atoms with E-state index in [1.54, 1.807) is 0 Å². The van der Waals surface area contributed by atoms with E-state index in [9.17, 15) is 0 Å². The molecule has 1 unspecified atom stereocenters. The van der Waals surface area contributed by atoms with Crippen molar-refractivity contribution >= 4 is 65.8 Å². The van der Waals surface area contributed by atoms with Gasteiger partial charge in [0.1, 0.15) is 0 Å². The zero-order valence-electron chi connectivity index (χ0n) is 36.9. The van der Waals surface area contributed by atoms with E-state index in [4.69, 9.17) is 0 Å². The molecule has 2 aliphatic carbocycles. The number of fused-ring (bicyclic) bond motifs is 6. The number of aromatic nitrogens is 1. The summed E-state index contributed by atoms with van der Waals surface area (Å²) >= 11 is 0. The summed E-state index contributed by atoms with van der Waals surface area (Å²) in [5, 5.41) is 4.05. The van der Waals surface area contributed by atoms with E-state index in [1.165, 1.54) is 82.9 Å². The number of anilines is 3. The van der Waals surface area contributed by atoms with Crippen molar-refractivity contribution in [2.75, 3.05) is 4.90 Å². The molecule has 10 rings (SSSR count). The molecular weight excluding hydrogens is 769 g/mol. The van der Waals surface area contributed by atoms with Crippen molar-refractivity contribution in [1.29, 1.82) is 0 Å². The van der Waals surface area contributed by atoms with Crippen LogP contribution in [0, 0.1) is 0 Å². The van der Waals surface area contributed by atoms with Gasteiger partial charge in [-0.05, 0) is 123 Å². The molecule has 0 saturated carbocycles. The van der Waals surface area contributed by atoms with Gasteiger partial charge in [0, 0.05) is 38.9 Å². The van der Waals surface area contributed by atoms with Gasteiger partial charge in [0.2, 0.25) is 0 Å². The van der Waals surface area contributed by atoms with Crippen molar-refractivity contribution in [3.05, 3.63) is 193 Å². The van der Waals surface area contributed by atoms with E-state index in [0.717, 1.165) is 17.8 Å². The molecule has 2 nitrogen and oxygen atoms in total. The maximum Gasteiger partial charge on any atom is 0.0776 e. The minimum atomic E-state index is -1.47. The number of allylic oxidation sites excluding steroid dienone is 4. The molecule has 61 heavy (non-hydrogen) atoms. The first kappa shape index (κ1) is 39.2. The van der Waals surface area contributed by atoms with Gasteiger partial charge in [0.25, 0.3) is 0 Å². The highest BCUT2D eigenvalue weighted by Crippen LogP contribution is 2.51. The summed E-state index contributed by atoms with van der Waals surface area (Å²) in [5.74, 6) is 0. The monoisotopic (exact) mass is 824 g/mol. The van der Waals surface area contributed by atoms with E-state index >= 15 is 0 Å². The Hall–Kier alpha value is -5.95. The van der Waals surface area contributed by atoms with Crippen LogP contribution >= 0.6 is 0 Å². The van der Waals surface area contributed by atoms with Gasteiger partial charge >= 0.3 is 0 Å². The van der Waals surface area contributed by atoms with Crippen LogP contribution in [0.1, 0.15) is 37.0 Å². The topological polar surface area (TPSA) is 8.17 Å². The molecule has 0 saturated heterocycles. The molecule has 8 aromatic rings. The van der Waals surface area contributed by atoms with Crippen LogP contribution in [0.2, 0.25) is 44.8 Å². The van der Waals surface area contributed by atoms with Gasteiger partial charge in [0.05, 0.1) is 27.2 Å². The summed E-state index contributed by atoms with van der Waals surface area (Å²) in [6.45, 7) is 19.6. The van der Waals surface area contributed by atoms with Gasteiger partial charge in [-0.25, -0.2) is 0 Å². The molecule has 0 radical (unpaired) electrons. The Bertz CT molecular complexity index is 3030. The van der Waals surface area contributed by atoms with Gasteiger partial charge < -0.3 is 9.47 Å². The largest absolute Gasteiger partial charge is 0.310 e. The molecule has 7 aromatic carbocycles. The molecule has 1 atom stereocenters. The number of hydrogen-bond acceptors (Lipinski definition) is 1. The Morgan fingerprint density at radius 3 is 1.79 bits per heavy atom. The zero-order chi connectivity index (χ0) is 42.3. The fourth-order valence-electron chi connectivity index (χ4n) is 9.87. The second kappa shape index (κ2) is 14.6. The lowest BCUT2D eigenvalue weighted by molar-refractivity contribution is 0.661. The van der Waals surface area contributed by atoms with E-state index in [0.29, 0.717) is 5.54 Å². The lowest BCUT2D eigenvalue weighted by Crippen LogP contribution is -2.38. The molecule has 2 aliphatic rings. The fourth-order valence-corrected chi connectivity index (χ4v) is 12.5. The summed E-state index contributed by atoms with van der Waals surface area (Å²) in [4.78, 5) is 2.45. The van der Waals surface area contributed by atoms with Crippen molar-refractivity contribution in [2.24, 2.45) is 0 Å². The Morgan fingerprint density at radius 1 is 0.541 bits per heavy atom. The lowest BCUT2D eigenvalue weighted by Gasteiger charge is -2.29. The summed E-state index contributed by atoms with van der Waals surface area (Å²) in [5.41, 5.74) is 18.3. The van der Waals surface area contributed by atoms with Crippen LogP contribution in [0.4, 0.5) is 17.1 Å². The second-order valence-electron chi connectivity index (χ2n) is 19.9. The Kier molecular flexibility index (Phi) is 9.39. The SMILES string of the molecule is CC1(C)c2cc(N(c3ccc(C4=CCC([Si](C)(C)C)C=C4)cc3)c3ccc(-c4ccc5c(c4)c4ccccc4n5-c4ccccc4)cc3)ccc2-c2ccc([Si](C)(C)C)cc21. The van der Waals surface area contributed by atoms with Crippen molar-refractivity contribution in [3.63, 3.8) is 0 Å². The predicted molar refractivity (Wildman–Crippen MR) is 270 cm³/mol. The summed E-state index contributed by atoms with van der Waals surface area (Å²) in [6, 6.07) is 59.3. The predicted octanol–water partition coefficient (Wildman–Crippen LogP) is 15.8. The van der Waals surface area contributed by atoms with Gasteiger partial charge in [-0.3, -0.25) is 0 Å². The van der Waals surface area contributed by atoms with Crippen LogP contribution in [0.25, 0.3) is 55.3 Å². The maximum atomic E-state index is 2.52. The van der Waals surface area contributed by atoms with Crippen molar-refractivity contribution < 1.29 is 0 Å². The van der Waals surface area contributed by atoms with Crippen LogP contribution < -0.4 is 10.1 Å². The number of rotatable bonds is 8. The minimum absolute atomic E-state index is 0.106. The van der Waals surface area contributed by atoms with Crippen molar-refractivity contribution in [3.8, 4) is 27.9 Å². The van der Waals surface area contributed by atoms with E-state index in [1.807, 2.05) is 0 Å². The normalized spacial score (nSPS) is 15.8. The van der Waals surface area contributed by atoms with Crippen LogP contribution in [0.5, 0.6) is 0 Å². The summed E-state index contributed by atoms with van der Waals surface area (Å²) in [7, 11) is -2.71. The first-order valence-corrected chi connectivity index (χ1v) is 29.1. The highest BCUT2D eigenvalue weighted by atomic mass is 28.3. The quantitative estimate of drug-likeness (QED) is 0.139. The zero-order valence-corrected chi connectivity index (χ0v) is 38.9. The molecule has 0 N–H and O–H groups in total. The third-order valence-electron chi connectivity index (χ3n) is 13.6. The highest BCUT2D eigenvalue weighted by molar-refractivity contribution is 6.88.